The van der Waals surface area contributed by atoms with Crippen molar-refractivity contribution in [2.75, 3.05) is 6.54 Å². The van der Waals surface area contributed by atoms with Gasteiger partial charge < -0.3 is 10.4 Å². The van der Waals surface area contributed by atoms with Gasteiger partial charge in [-0.1, -0.05) is 39.0 Å². The number of benzene rings is 1. The van der Waals surface area contributed by atoms with Crippen molar-refractivity contribution in [2.24, 2.45) is 5.41 Å². The summed E-state index contributed by atoms with van der Waals surface area (Å²) in [5, 5.41) is 12.5. The summed E-state index contributed by atoms with van der Waals surface area (Å²) in [5.74, 6) is -1.25. The number of aliphatic hydroxyl groups excluding tert-OH is 1. The van der Waals surface area contributed by atoms with Crippen molar-refractivity contribution >= 4 is 5.91 Å². The van der Waals surface area contributed by atoms with Crippen LogP contribution in [-0.4, -0.2) is 23.7 Å². The zero-order chi connectivity index (χ0) is 14.6. The van der Waals surface area contributed by atoms with Gasteiger partial charge in [0, 0.05) is 6.54 Å². The Labute approximate surface area is 113 Å². The van der Waals surface area contributed by atoms with Crippen molar-refractivity contribution in [3.05, 3.63) is 35.6 Å². The van der Waals surface area contributed by atoms with E-state index in [4.69, 9.17) is 0 Å². The first-order chi connectivity index (χ1) is 8.73. The fourth-order valence-corrected chi connectivity index (χ4v) is 1.62. The number of halogens is 1. The number of hydrogen-bond acceptors (Lipinski definition) is 2. The topological polar surface area (TPSA) is 49.3 Å². The molecule has 0 fully saturated rings. The summed E-state index contributed by atoms with van der Waals surface area (Å²) in [7, 11) is 0. The molecule has 2 atom stereocenters. The van der Waals surface area contributed by atoms with Gasteiger partial charge in [0.05, 0.1) is 12.0 Å². The van der Waals surface area contributed by atoms with Gasteiger partial charge in [-0.25, -0.2) is 4.39 Å². The van der Waals surface area contributed by atoms with E-state index in [0.717, 1.165) is 0 Å². The molecule has 0 aliphatic carbocycles. The van der Waals surface area contributed by atoms with Crippen LogP contribution in [0.25, 0.3) is 0 Å². The average molecular weight is 267 g/mol. The summed E-state index contributed by atoms with van der Waals surface area (Å²) in [4.78, 5) is 11.9. The highest BCUT2D eigenvalue weighted by Gasteiger charge is 2.24. The number of carbonyl (C=O) groups excluding carboxylic acids is 1. The molecule has 0 radical (unpaired) electrons. The number of rotatable bonds is 4. The predicted molar refractivity (Wildman–Crippen MR) is 73.3 cm³/mol. The molecule has 2 N–H and O–H groups in total. The van der Waals surface area contributed by atoms with Gasteiger partial charge in [0.15, 0.2) is 0 Å². The van der Waals surface area contributed by atoms with E-state index < -0.39 is 12.0 Å². The summed E-state index contributed by atoms with van der Waals surface area (Å²) in [5.41, 5.74) is 0.0689. The first-order valence-corrected chi connectivity index (χ1v) is 6.43. The van der Waals surface area contributed by atoms with Crippen LogP contribution in [0.2, 0.25) is 0 Å². The molecule has 4 heteroatoms. The van der Waals surface area contributed by atoms with Gasteiger partial charge in [0.1, 0.15) is 5.82 Å². The first-order valence-electron chi connectivity index (χ1n) is 6.43. The molecule has 1 aromatic carbocycles. The molecule has 1 rings (SSSR count). The Balaban J connectivity index is 2.62. The second kappa shape index (κ2) is 6.15. The van der Waals surface area contributed by atoms with Crippen LogP contribution in [0.3, 0.4) is 0 Å². The normalized spacial score (nSPS) is 14.8. The lowest BCUT2D eigenvalue weighted by Crippen LogP contribution is -2.40. The average Bonchev–Trinajstić information content (AvgIpc) is 2.34. The highest BCUT2D eigenvalue weighted by atomic mass is 19.1. The van der Waals surface area contributed by atoms with Gasteiger partial charge in [0.2, 0.25) is 5.91 Å². The Kier molecular flexibility index (Phi) is 5.06. The molecular weight excluding hydrogens is 245 g/mol. The van der Waals surface area contributed by atoms with E-state index in [9.17, 15) is 14.3 Å². The lowest BCUT2D eigenvalue weighted by molar-refractivity contribution is -0.123. The van der Waals surface area contributed by atoms with Gasteiger partial charge in [-0.05, 0) is 24.0 Å². The standard InChI is InChI=1S/C15H22FNO2/c1-10(11-7-5-6-8-12(11)16)14(19)17-9-13(18)15(2,3)4/h5-8,10,13,18H,9H2,1-4H3,(H,17,19). The highest BCUT2D eigenvalue weighted by Crippen LogP contribution is 2.20. The predicted octanol–water partition coefficient (Wildman–Crippen LogP) is 2.45. The molecule has 0 saturated heterocycles. The van der Waals surface area contributed by atoms with E-state index in [1.54, 1.807) is 25.1 Å². The van der Waals surface area contributed by atoms with Gasteiger partial charge in [-0.15, -0.1) is 0 Å². The monoisotopic (exact) mass is 267 g/mol. The van der Waals surface area contributed by atoms with Crippen LogP contribution < -0.4 is 5.32 Å². The third-order valence-corrected chi connectivity index (χ3v) is 3.23. The molecule has 0 heterocycles. The molecule has 0 aromatic heterocycles. The van der Waals surface area contributed by atoms with Crippen LogP contribution >= 0.6 is 0 Å². The maximum atomic E-state index is 13.6. The van der Waals surface area contributed by atoms with E-state index in [0.29, 0.717) is 5.56 Å². The molecule has 0 aliphatic heterocycles. The zero-order valence-electron chi connectivity index (χ0n) is 11.9. The molecule has 1 amide bonds. The Morgan fingerprint density at radius 3 is 2.47 bits per heavy atom. The van der Waals surface area contributed by atoms with Gasteiger partial charge in [0.25, 0.3) is 0 Å². The minimum absolute atomic E-state index is 0.168. The van der Waals surface area contributed by atoms with Crippen molar-refractivity contribution < 1.29 is 14.3 Å². The van der Waals surface area contributed by atoms with Crippen LogP contribution in [0.15, 0.2) is 24.3 Å². The van der Waals surface area contributed by atoms with E-state index in [1.165, 1.54) is 6.07 Å². The van der Waals surface area contributed by atoms with Crippen molar-refractivity contribution in [1.82, 2.24) is 5.32 Å². The summed E-state index contributed by atoms with van der Waals surface area (Å²) < 4.78 is 13.6. The van der Waals surface area contributed by atoms with E-state index in [-0.39, 0.29) is 23.7 Å². The smallest absolute Gasteiger partial charge is 0.227 e. The molecule has 0 bridgehead atoms. The molecule has 0 aliphatic rings. The van der Waals surface area contributed by atoms with Gasteiger partial charge in [-0.2, -0.15) is 0 Å². The Morgan fingerprint density at radius 1 is 1.37 bits per heavy atom. The molecule has 1 aromatic rings. The van der Waals surface area contributed by atoms with Crippen LogP contribution in [0.5, 0.6) is 0 Å². The van der Waals surface area contributed by atoms with Crippen LogP contribution in [0.4, 0.5) is 4.39 Å². The highest BCUT2D eigenvalue weighted by molar-refractivity contribution is 5.83. The number of carbonyl (C=O) groups is 1. The lowest BCUT2D eigenvalue weighted by Gasteiger charge is -2.26. The maximum absolute atomic E-state index is 13.6. The minimum Gasteiger partial charge on any atom is -0.391 e. The number of aliphatic hydroxyl groups is 1. The second-order valence-electron chi connectivity index (χ2n) is 5.87. The Bertz CT molecular complexity index is 440. The van der Waals surface area contributed by atoms with E-state index in [1.807, 2.05) is 20.8 Å². The largest absolute Gasteiger partial charge is 0.391 e. The summed E-state index contributed by atoms with van der Waals surface area (Å²) >= 11 is 0. The molecule has 2 unspecified atom stereocenters. The van der Waals surface area contributed by atoms with Crippen LogP contribution in [-0.2, 0) is 4.79 Å². The molecule has 19 heavy (non-hydrogen) atoms. The summed E-state index contributed by atoms with van der Waals surface area (Å²) in [6.45, 7) is 7.50. The number of nitrogens with one attached hydrogen (secondary N) is 1. The number of amides is 1. The molecule has 106 valence electrons. The minimum atomic E-state index is -0.635. The fraction of sp³-hybridized carbons (Fsp3) is 0.533. The maximum Gasteiger partial charge on any atom is 0.227 e. The lowest BCUT2D eigenvalue weighted by atomic mass is 9.89. The molecule has 0 saturated carbocycles. The van der Waals surface area contributed by atoms with Crippen molar-refractivity contribution in [3.63, 3.8) is 0 Å². The zero-order valence-corrected chi connectivity index (χ0v) is 11.9. The van der Waals surface area contributed by atoms with Crippen molar-refractivity contribution in [3.8, 4) is 0 Å². The van der Waals surface area contributed by atoms with Crippen LogP contribution in [0.1, 0.15) is 39.2 Å². The van der Waals surface area contributed by atoms with Gasteiger partial charge in [-0.3, -0.25) is 4.79 Å². The van der Waals surface area contributed by atoms with Crippen LogP contribution in [0, 0.1) is 11.2 Å². The third-order valence-electron chi connectivity index (χ3n) is 3.23. The molecule has 0 spiro atoms. The Morgan fingerprint density at radius 2 is 1.95 bits per heavy atom. The molecule has 3 nitrogen and oxygen atoms in total. The summed E-state index contributed by atoms with van der Waals surface area (Å²) in [6, 6.07) is 6.22. The SMILES string of the molecule is CC(C(=O)NCC(O)C(C)(C)C)c1ccccc1F. The van der Waals surface area contributed by atoms with Crippen molar-refractivity contribution in [2.45, 2.75) is 39.7 Å². The summed E-state index contributed by atoms with van der Waals surface area (Å²) in [6.07, 6.45) is -0.635. The fourth-order valence-electron chi connectivity index (χ4n) is 1.62. The van der Waals surface area contributed by atoms with E-state index >= 15 is 0 Å². The second-order valence-corrected chi connectivity index (χ2v) is 5.87. The van der Waals surface area contributed by atoms with Gasteiger partial charge >= 0.3 is 0 Å². The quantitative estimate of drug-likeness (QED) is 0.880. The van der Waals surface area contributed by atoms with E-state index in [2.05, 4.69) is 5.32 Å². The van der Waals surface area contributed by atoms with Crippen molar-refractivity contribution in [1.29, 1.82) is 0 Å². The Hall–Kier alpha value is -1.42. The third kappa shape index (κ3) is 4.31. The first kappa shape index (κ1) is 15.6. The molecular formula is C15H22FNO2. The number of hydrogen-bond donors (Lipinski definition) is 2.